The maximum absolute atomic E-state index is 11.5. The van der Waals surface area contributed by atoms with Crippen LogP contribution in [-0.4, -0.2) is 37.1 Å². The molecule has 3 N–H and O–H groups in total. The van der Waals surface area contributed by atoms with Gasteiger partial charge >= 0.3 is 0 Å². The average Bonchev–Trinajstić information content (AvgIpc) is 3.59. The lowest BCUT2D eigenvalue weighted by Crippen LogP contribution is -2.35. The van der Waals surface area contributed by atoms with Crippen molar-refractivity contribution < 1.29 is 9.53 Å². The van der Waals surface area contributed by atoms with Crippen molar-refractivity contribution in [2.45, 2.75) is 38.4 Å². The number of pyridine rings is 1. The van der Waals surface area contributed by atoms with Gasteiger partial charge in [0, 0.05) is 69.7 Å². The van der Waals surface area contributed by atoms with Crippen molar-refractivity contribution in [3.63, 3.8) is 0 Å². The fourth-order valence-corrected chi connectivity index (χ4v) is 7.32. The summed E-state index contributed by atoms with van der Waals surface area (Å²) in [6, 6.07) is 18.5. The van der Waals surface area contributed by atoms with Crippen LogP contribution in [0, 0.1) is 0 Å². The van der Waals surface area contributed by atoms with Crippen LogP contribution >= 0.6 is 34.5 Å². The van der Waals surface area contributed by atoms with Crippen molar-refractivity contribution in [3.8, 4) is 38.7 Å². The minimum atomic E-state index is 0.116. The van der Waals surface area contributed by atoms with E-state index in [1.807, 2.05) is 42.5 Å². The predicted octanol–water partition coefficient (Wildman–Crippen LogP) is 6.47. The quantitative estimate of drug-likeness (QED) is 0.218. The van der Waals surface area contributed by atoms with E-state index < -0.39 is 0 Å². The third-order valence-electron chi connectivity index (χ3n) is 7.51. The molecule has 2 aliphatic heterocycles. The topological polar surface area (TPSA) is 75.3 Å². The van der Waals surface area contributed by atoms with Gasteiger partial charge in [-0.3, -0.25) is 4.79 Å². The van der Waals surface area contributed by atoms with E-state index >= 15 is 0 Å². The van der Waals surface area contributed by atoms with E-state index in [1.54, 1.807) is 18.4 Å². The molecule has 2 aromatic heterocycles. The van der Waals surface area contributed by atoms with Crippen LogP contribution in [-0.2, 0) is 24.3 Å². The van der Waals surface area contributed by atoms with Gasteiger partial charge in [-0.2, -0.15) is 0 Å². The summed E-state index contributed by atoms with van der Waals surface area (Å²) in [5.74, 6) is 0.656. The van der Waals surface area contributed by atoms with Gasteiger partial charge in [0.1, 0.15) is 0 Å². The number of amides is 1. The number of benzene rings is 2. The second-order valence-electron chi connectivity index (χ2n) is 10.1. The monoisotopic (exact) mass is 592 g/mol. The van der Waals surface area contributed by atoms with Gasteiger partial charge < -0.3 is 20.7 Å². The fraction of sp³-hybridized carbons (Fsp3) is 0.290. The van der Waals surface area contributed by atoms with Crippen LogP contribution in [0.2, 0.25) is 10.0 Å². The first kappa shape index (κ1) is 27.2. The van der Waals surface area contributed by atoms with Crippen LogP contribution in [0.3, 0.4) is 0 Å². The van der Waals surface area contributed by atoms with E-state index in [2.05, 4.69) is 28.1 Å². The molecule has 1 atom stereocenters. The first-order chi connectivity index (χ1) is 19.5. The van der Waals surface area contributed by atoms with E-state index in [-0.39, 0.29) is 11.9 Å². The summed E-state index contributed by atoms with van der Waals surface area (Å²) in [7, 11) is 1.62. The van der Waals surface area contributed by atoms with E-state index in [1.165, 1.54) is 15.3 Å². The first-order valence-electron chi connectivity index (χ1n) is 13.5. The number of halogens is 2. The molecule has 0 radical (unpaired) electrons. The Hall–Kier alpha value is -2.94. The lowest BCUT2D eigenvalue weighted by atomic mass is 9.98. The highest BCUT2D eigenvalue weighted by molar-refractivity contribution is 7.15. The van der Waals surface area contributed by atoms with Gasteiger partial charge in [0.25, 0.3) is 0 Å². The maximum Gasteiger partial charge on any atom is 0.220 e. The van der Waals surface area contributed by atoms with Crippen molar-refractivity contribution in [2.24, 2.45) is 0 Å². The predicted molar refractivity (Wildman–Crippen MR) is 163 cm³/mol. The summed E-state index contributed by atoms with van der Waals surface area (Å²) in [5.41, 5.74) is 6.65. The molecule has 1 saturated heterocycles. The highest BCUT2D eigenvalue weighted by Gasteiger charge is 2.21. The zero-order chi connectivity index (χ0) is 27.6. The van der Waals surface area contributed by atoms with Crippen molar-refractivity contribution in [1.29, 1.82) is 0 Å². The summed E-state index contributed by atoms with van der Waals surface area (Å²) in [6.45, 7) is 3.21. The first-order valence-corrected chi connectivity index (χ1v) is 15.0. The number of thiophene rings is 1. The van der Waals surface area contributed by atoms with Crippen molar-refractivity contribution in [3.05, 3.63) is 80.6 Å². The summed E-state index contributed by atoms with van der Waals surface area (Å²) in [5, 5.41) is 11.1. The van der Waals surface area contributed by atoms with Crippen LogP contribution in [0.15, 0.2) is 54.6 Å². The number of hydrogen-bond acceptors (Lipinski definition) is 6. The Kier molecular flexibility index (Phi) is 8.10. The standard InChI is InChI=1S/C31H30Cl2N4O2S/c1-39-31-19(15-35-16-20-9-11-28(38)36-20)8-10-25(37-31)23-6-2-4-21(29(23)32)22-5-3-7-24(30(22)33)26-14-18-12-13-34-17-27(18)40-26/h2-8,10,14,20,34-35H,9,11-13,15-17H2,1H3,(H,36,38)/t20-/m0/s1. The number of nitrogens with one attached hydrogen (secondary N) is 3. The molecule has 0 aliphatic carbocycles. The third-order valence-corrected chi connectivity index (χ3v) is 9.53. The summed E-state index contributed by atoms with van der Waals surface area (Å²) in [6.07, 6.45) is 2.49. The van der Waals surface area contributed by atoms with Gasteiger partial charge in [-0.1, -0.05) is 65.7 Å². The van der Waals surface area contributed by atoms with E-state index in [4.69, 9.17) is 32.9 Å². The van der Waals surface area contributed by atoms with Gasteiger partial charge in [0.2, 0.25) is 11.8 Å². The normalized spacial score (nSPS) is 16.6. The molecule has 0 saturated carbocycles. The van der Waals surface area contributed by atoms with Crippen LogP contribution in [0.1, 0.15) is 28.8 Å². The Balaban J connectivity index is 1.27. The average molecular weight is 594 g/mol. The zero-order valence-electron chi connectivity index (χ0n) is 22.2. The van der Waals surface area contributed by atoms with Crippen LogP contribution in [0.5, 0.6) is 5.88 Å². The van der Waals surface area contributed by atoms with Gasteiger partial charge in [0.15, 0.2) is 0 Å². The highest BCUT2D eigenvalue weighted by Crippen LogP contribution is 2.44. The maximum atomic E-state index is 11.5. The number of rotatable bonds is 8. The lowest BCUT2D eigenvalue weighted by molar-refractivity contribution is -0.119. The molecule has 0 spiro atoms. The molecule has 6 rings (SSSR count). The number of methoxy groups -OCH3 is 1. The van der Waals surface area contributed by atoms with Crippen molar-refractivity contribution in [1.82, 2.24) is 20.9 Å². The molecule has 1 amide bonds. The Morgan fingerprint density at radius 2 is 1.77 bits per heavy atom. The van der Waals surface area contributed by atoms with Crippen LogP contribution in [0.25, 0.3) is 32.8 Å². The SMILES string of the molecule is COc1nc(-c2cccc(-c3cccc(-c4cc5c(s4)CNCC5)c3Cl)c2Cl)ccc1CNC[C@@H]1CCC(=O)N1. The minimum absolute atomic E-state index is 0.116. The number of aromatic nitrogens is 1. The Labute approximate surface area is 248 Å². The molecule has 2 aromatic carbocycles. The van der Waals surface area contributed by atoms with E-state index in [0.29, 0.717) is 35.4 Å². The summed E-state index contributed by atoms with van der Waals surface area (Å²) in [4.78, 5) is 18.8. The Morgan fingerprint density at radius 3 is 2.50 bits per heavy atom. The van der Waals surface area contributed by atoms with Crippen molar-refractivity contribution >= 4 is 40.4 Å². The molecule has 1 fully saturated rings. The molecule has 6 nitrogen and oxygen atoms in total. The number of carbonyl (C=O) groups is 1. The molecule has 0 bridgehead atoms. The van der Waals surface area contributed by atoms with Gasteiger partial charge in [-0.15, -0.1) is 11.3 Å². The summed E-state index contributed by atoms with van der Waals surface area (Å²) >= 11 is 15.9. The Bertz CT molecular complexity index is 1550. The second kappa shape index (κ2) is 11.9. The number of fused-ring (bicyclic) bond motifs is 1. The largest absolute Gasteiger partial charge is 0.481 e. The van der Waals surface area contributed by atoms with Crippen LogP contribution < -0.4 is 20.7 Å². The minimum Gasteiger partial charge on any atom is -0.481 e. The van der Waals surface area contributed by atoms with Gasteiger partial charge in [-0.05, 0) is 37.1 Å². The molecular formula is C31H30Cl2N4O2S. The number of ether oxygens (including phenoxy) is 1. The lowest BCUT2D eigenvalue weighted by Gasteiger charge is -2.15. The molecule has 40 heavy (non-hydrogen) atoms. The summed E-state index contributed by atoms with van der Waals surface area (Å²) < 4.78 is 5.63. The molecule has 0 unspecified atom stereocenters. The number of hydrogen-bond donors (Lipinski definition) is 3. The van der Waals surface area contributed by atoms with E-state index in [9.17, 15) is 4.79 Å². The number of carbonyl (C=O) groups excluding carboxylic acids is 1. The van der Waals surface area contributed by atoms with Crippen LogP contribution in [0.4, 0.5) is 0 Å². The third kappa shape index (κ3) is 5.49. The molecule has 4 heterocycles. The van der Waals surface area contributed by atoms with Crippen molar-refractivity contribution in [2.75, 3.05) is 20.2 Å². The zero-order valence-corrected chi connectivity index (χ0v) is 24.5. The molecule has 206 valence electrons. The highest BCUT2D eigenvalue weighted by atomic mass is 35.5. The smallest absolute Gasteiger partial charge is 0.220 e. The van der Waals surface area contributed by atoms with Gasteiger partial charge in [0.05, 0.1) is 22.8 Å². The fourth-order valence-electron chi connectivity index (χ4n) is 5.40. The molecule has 2 aliphatic rings. The second-order valence-corrected chi connectivity index (χ2v) is 12.0. The molecule has 4 aromatic rings. The number of nitrogens with zero attached hydrogens (tertiary/aromatic N) is 1. The Morgan fingerprint density at radius 1 is 1.02 bits per heavy atom. The molecular weight excluding hydrogens is 563 g/mol. The van der Waals surface area contributed by atoms with E-state index in [0.717, 1.165) is 59.4 Å². The molecule has 9 heteroatoms. The van der Waals surface area contributed by atoms with Gasteiger partial charge in [-0.25, -0.2) is 4.98 Å².